The summed E-state index contributed by atoms with van der Waals surface area (Å²) in [5.41, 5.74) is 1.34. The monoisotopic (exact) mass is 292 g/mol. The molecule has 0 bridgehead atoms. The molecule has 0 unspecified atom stereocenters. The Bertz CT molecular complexity index is 696. The molecule has 0 atom stereocenters. The van der Waals surface area contributed by atoms with Crippen molar-refractivity contribution in [2.24, 2.45) is 0 Å². The lowest BCUT2D eigenvalue weighted by Crippen LogP contribution is -2.15. The quantitative estimate of drug-likeness (QED) is 0.805. The van der Waals surface area contributed by atoms with E-state index in [-0.39, 0.29) is 10.8 Å². The van der Waals surface area contributed by atoms with Gasteiger partial charge in [0.1, 0.15) is 0 Å². The van der Waals surface area contributed by atoms with Crippen LogP contribution in [0.4, 0.5) is 11.6 Å². The van der Waals surface area contributed by atoms with E-state index in [1.807, 2.05) is 0 Å². The summed E-state index contributed by atoms with van der Waals surface area (Å²) in [4.78, 5) is 18.1. The minimum atomic E-state index is -3.75. The van der Waals surface area contributed by atoms with E-state index in [2.05, 4.69) is 20.0 Å². The van der Waals surface area contributed by atoms with Crippen molar-refractivity contribution in [2.45, 2.75) is 11.8 Å². The number of hydrogen-bond acceptors (Lipinski definition) is 5. The Morgan fingerprint density at radius 2 is 1.70 bits per heavy atom. The van der Waals surface area contributed by atoms with Crippen LogP contribution in [-0.4, -0.2) is 24.8 Å². The lowest BCUT2D eigenvalue weighted by molar-refractivity contribution is -0.105. The Kier molecular flexibility index (Phi) is 3.94. The molecule has 0 saturated heterocycles. The molecule has 0 aliphatic carbocycles. The van der Waals surface area contributed by atoms with Crippen molar-refractivity contribution >= 4 is 28.1 Å². The number of carbonyl (C=O) groups is 1. The molecule has 1 amide bonds. The normalized spacial score (nSPS) is 10.8. The summed E-state index contributed by atoms with van der Waals surface area (Å²) >= 11 is 0. The van der Waals surface area contributed by atoms with Gasteiger partial charge in [-0.1, -0.05) is 0 Å². The maximum absolute atomic E-state index is 12.1. The Morgan fingerprint density at radius 1 is 1.10 bits per heavy atom. The summed E-state index contributed by atoms with van der Waals surface area (Å²) in [6.45, 7) is 1.80. The second-order valence-corrected chi connectivity index (χ2v) is 5.66. The first kappa shape index (κ1) is 13.9. The lowest BCUT2D eigenvalue weighted by Gasteiger charge is -2.07. The predicted octanol–water partition coefficient (Wildman–Crippen LogP) is 1.15. The van der Waals surface area contributed by atoms with E-state index in [1.165, 1.54) is 36.7 Å². The van der Waals surface area contributed by atoms with Gasteiger partial charge in [-0.05, 0) is 36.8 Å². The van der Waals surface area contributed by atoms with E-state index < -0.39 is 10.0 Å². The van der Waals surface area contributed by atoms with Crippen LogP contribution in [0.25, 0.3) is 0 Å². The van der Waals surface area contributed by atoms with E-state index in [9.17, 15) is 13.2 Å². The van der Waals surface area contributed by atoms with Crippen LogP contribution in [0.1, 0.15) is 5.56 Å². The number of amides is 1. The highest BCUT2D eigenvalue weighted by atomic mass is 32.2. The maximum Gasteiger partial charge on any atom is 0.264 e. The third kappa shape index (κ3) is 3.29. The number of rotatable bonds is 5. The SMILES string of the molecule is Cc1cnc(NS(=O)(=O)c2ccc(NC=O)cc2)nc1. The number of aromatic nitrogens is 2. The zero-order valence-corrected chi connectivity index (χ0v) is 11.4. The van der Waals surface area contributed by atoms with Crippen molar-refractivity contribution in [3.8, 4) is 0 Å². The van der Waals surface area contributed by atoms with E-state index in [4.69, 9.17) is 0 Å². The van der Waals surface area contributed by atoms with Gasteiger partial charge in [-0.15, -0.1) is 0 Å². The fourth-order valence-electron chi connectivity index (χ4n) is 1.42. The number of carbonyl (C=O) groups excluding carboxylic acids is 1. The van der Waals surface area contributed by atoms with Crippen molar-refractivity contribution in [1.82, 2.24) is 9.97 Å². The van der Waals surface area contributed by atoms with E-state index in [0.29, 0.717) is 12.1 Å². The van der Waals surface area contributed by atoms with Gasteiger partial charge in [0.2, 0.25) is 12.4 Å². The molecule has 2 N–H and O–H groups in total. The summed E-state index contributed by atoms with van der Waals surface area (Å²) < 4.78 is 26.4. The average Bonchev–Trinajstić information content (AvgIpc) is 2.42. The summed E-state index contributed by atoms with van der Waals surface area (Å²) in [6, 6.07) is 5.72. The molecule has 0 spiro atoms. The molecule has 0 saturated carbocycles. The van der Waals surface area contributed by atoms with Gasteiger partial charge in [-0.2, -0.15) is 0 Å². The van der Waals surface area contributed by atoms with E-state index in [0.717, 1.165) is 5.56 Å². The average molecular weight is 292 g/mol. The van der Waals surface area contributed by atoms with Gasteiger partial charge in [0, 0.05) is 18.1 Å². The second kappa shape index (κ2) is 5.66. The van der Waals surface area contributed by atoms with Crippen LogP contribution >= 0.6 is 0 Å². The third-order valence-electron chi connectivity index (χ3n) is 2.40. The first-order valence-electron chi connectivity index (χ1n) is 5.63. The van der Waals surface area contributed by atoms with Crippen LogP contribution in [0.2, 0.25) is 0 Å². The van der Waals surface area contributed by atoms with Crippen molar-refractivity contribution in [3.63, 3.8) is 0 Å². The van der Waals surface area contributed by atoms with Crippen molar-refractivity contribution in [3.05, 3.63) is 42.2 Å². The molecule has 8 heteroatoms. The first-order valence-corrected chi connectivity index (χ1v) is 7.11. The zero-order valence-electron chi connectivity index (χ0n) is 10.6. The van der Waals surface area contributed by atoms with Gasteiger partial charge in [0.25, 0.3) is 10.0 Å². The number of aryl methyl sites for hydroxylation is 1. The van der Waals surface area contributed by atoms with Gasteiger partial charge in [-0.3, -0.25) is 4.79 Å². The number of hydrogen-bond donors (Lipinski definition) is 2. The Morgan fingerprint density at radius 3 is 2.25 bits per heavy atom. The lowest BCUT2D eigenvalue weighted by atomic mass is 10.3. The predicted molar refractivity (Wildman–Crippen MR) is 73.7 cm³/mol. The smallest absolute Gasteiger partial charge is 0.264 e. The van der Waals surface area contributed by atoms with Crippen LogP contribution in [0, 0.1) is 6.92 Å². The highest BCUT2D eigenvalue weighted by Gasteiger charge is 2.15. The van der Waals surface area contributed by atoms with E-state index >= 15 is 0 Å². The minimum absolute atomic E-state index is 0.00527. The van der Waals surface area contributed by atoms with Gasteiger partial charge in [0.15, 0.2) is 0 Å². The van der Waals surface area contributed by atoms with Crippen LogP contribution < -0.4 is 10.0 Å². The fraction of sp³-hybridized carbons (Fsp3) is 0.0833. The molecular formula is C12H12N4O3S. The number of sulfonamides is 1. The summed E-state index contributed by atoms with van der Waals surface area (Å²) in [6.07, 6.45) is 3.55. The van der Waals surface area contributed by atoms with E-state index in [1.54, 1.807) is 6.92 Å². The van der Waals surface area contributed by atoms with Crippen LogP contribution in [0.3, 0.4) is 0 Å². The molecule has 7 nitrogen and oxygen atoms in total. The summed E-state index contributed by atoms with van der Waals surface area (Å²) in [5, 5.41) is 2.42. The van der Waals surface area contributed by atoms with Crippen molar-refractivity contribution in [2.75, 3.05) is 10.0 Å². The number of nitrogens with zero attached hydrogens (tertiary/aromatic N) is 2. The number of nitrogens with one attached hydrogen (secondary N) is 2. The molecule has 0 fully saturated rings. The van der Waals surface area contributed by atoms with Gasteiger partial charge < -0.3 is 5.32 Å². The topological polar surface area (TPSA) is 101 Å². The summed E-state index contributed by atoms with van der Waals surface area (Å²) in [5.74, 6) is 0.00527. The van der Waals surface area contributed by atoms with Crippen LogP contribution in [0.15, 0.2) is 41.6 Å². The number of benzene rings is 1. The maximum atomic E-state index is 12.1. The Labute approximate surface area is 116 Å². The molecule has 20 heavy (non-hydrogen) atoms. The molecule has 0 aliphatic rings. The van der Waals surface area contributed by atoms with Gasteiger partial charge >= 0.3 is 0 Å². The summed E-state index contributed by atoms with van der Waals surface area (Å²) in [7, 11) is -3.75. The molecule has 1 aromatic carbocycles. The van der Waals surface area contributed by atoms with Gasteiger partial charge in [-0.25, -0.2) is 23.1 Å². The second-order valence-electron chi connectivity index (χ2n) is 3.98. The standard InChI is InChI=1S/C12H12N4O3S/c1-9-6-13-12(14-7-9)16-20(18,19)11-4-2-10(3-5-11)15-8-17/h2-8H,1H3,(H,15,17)(H,13,14,16). The van der Waals surface area contributed by atoms with Crippen LogP contribution in [-0.2, 0) is 14.8 Å². The molecule has 1 heterocycles. The Hall–Kier alpha value is -2.48. The Balaban J connectivity index is 2.21. The molecule has 1 aromatic heterocycles. The highest BCUT2D eigenvalue weighted by molar-refractivity contribution is 7.92. The van der Waals surface area contributed by atoms with Crippen molar-refractivity contribution in [1.29, 1.82) is 0 Å². The molecule has 0 aliphatic heterocycles. The minimum Gasteiger partial charge on any atom is -0.329 e. The van der Waals surface area contributed by atoms with Crippen molar-refractivity contribution < 1.29 is 13.2 Å². The first-order chi connectivity index (χ1) is 9.51. The van der Waals surface area contributed by atoms with Crippen LogP contribution in [0.5, 0.6) is 0 Å². The fourth-order valence-corrected chi connectivity index (χ4v) is 2.38. The highest BCUT2D eigenvalue weighted by Crippen LogP contribution is 2.16. The molecule has 2 rings (SSSR count). The molecule has 104 valence electrons. The number of anilines is 2. The molecular weight excluding hydrogens is 280 g/mol. The zero-order chi connectivity index (χ0) is 14.6. The van der Waals surface area contributed by atoms with Gasteiger partial charge in [0.05, 0.1) is 4.90 Å². The third-order valence-corrected chi connectivity index (χ3v) is 3.74. The molecule has 0 radical (unpaired) electrons. The largest absolute Gasteiger partial charge is 0.329 e. The molecule has 2 aromatic rings.